The zero-order valence-electron chi connectivity index (χ0n) is 16.1. The molecule has 1 aliphatic heterocycles. The van der Waals surface area contributed by atoms with E-state index in [9.17, 15) is 10.2 Å². The Labute approximate surface area is 165 Å². The fourth-order valence-electron chi connectivity index (χ4n) is 3.62. The van der Waals surface area contributed by atoms with Crippen LogP contribution >= 0.6 is 0 Å². The molecule has 1 saturated heterocycles. The van der Waals surface area contributed by atoms with Crippen molar-refractivity contribution in [2.45, 2.75) is 19.6 Å². The fraction of sp³-hybridized carbons (Fsp3) is 0.304. The average Bonchev–Trinajstić information content (AvgIpc) is 3.17. The van der Waals surface area contributed by atoms with Crippen LogP contribution in [0.3, 0.4) is 0 Å². The van der Waals surface area contributed by atoms with Crippen LogP contribution in [0.15, 0.2) is 65.1 Å². The number of rotatable bonds is 5. The molecule has 146 valence electrons. The fourth-order valence-corrected chi connectivity index (χ4v) is 3.62. The third kappa shape index (κ3) is 4.21. The number of piperazine rings is 1. The topological polar surface area (TPSA) is 60.1 Å². The molecule has 0 saturated carbocycles. The van der Waals surface area contributed by atoms with Crippen molar-refractivity contribution >= 4 is 5.69 Å². The van der Waals surface area contributed by atoms with Crippen LogP contribution in [0.2, 0.25) is 0 Å². The molecule has 5 heteroatoms. The standard InChI is InChI=1S/C23H26N2O3/c1-17(26)18-5-7-19(8-6-18)23-10-9-22(28-23)16-24-11-13-25(14-12-24)20-3-2-4-21(27)15-20/h2-10,15,17,26-27H,11-14,16H2,1H3. The molecule has 2 aromatic carbocycles. The monoisotopic (exact) mass is 378 g/mol. The molecule has 1 aromatic heterocycles. The van der Waals surface area contributed by atoms with Gasteiger partial charge < -0.3 is 19.5 Å². The van der Waals surface area contributed by atoms with Crippen molar-refractivity contribution in [1.29, 1.82) is 0 Å². The highest BCUT2D eigenvalue weighted by molar-refractivity contribution is 5.58. The molecule has 1 atom stereocenters. The zero-order chi connectivity index (χ0) is 19.5. The number of phenols is 1. The van der Waals surface area contributed by atoms with Crippen LogP contribution in [0.25, 0.3) is 11.3 Å². The first-order chi connectivity index (χ1) is 13.6. The molecule has 0 spiro atoms. The lowest BCUT2D eigenvalue weighted by Gasteiger charge is -2.35. The minimum absolute atomic E-state index is 0.310. The second-order valence-electron chi connectivity index (χ2n) is 7.35. The van der Waals surface area contributed by atoms with E-state index in [0.717, 1.165) is 61.1 Å². The van der Waals surface area contributed by atoms with Gasteiger partial charge in [-0.3, -0.25) is 4.90 Å². The molecule has 0 bridgehead atoms. The minimum atomic E-state index is -0.459. The van der Waals surface area contributed by atoms with Crippen molar-refractivity contribution in [2.24, 2.45) is 0 Å². The average molecular weight is 378 g/mol. The highest BCUT2D eigenvalue weighted by atomic mass is 16.3. The molecule has 0 aliphatic carbocycles. The van der Waals surface area contributed by atoms with Gasteiger partial charge in [-0.1, -0.05) is 30.3 Å². The van der Waals surface area contributed by atoms with Crippen LogP contribution in [0.5, 0.6) is 5.75 Å². The van der Waals surface area contributed by atoms with Crippen molar-refractivity contribution in [1.82, 2.24) is 4.90 Å². The second kappa shape index (κ2) is 8.09. The van der Waals surface area contributed by atoms with E-state index in [4.69, 9.17) is 4.42 Å². The summed E-state index contributed by atoms with van der Waals surface area (Å²) in [6, 6.07) is 19.3. The van der Waals surface area contributed by atoms with Gasteiger partial charge in [-0.25, -0.2) is 0 Å². The van der Waals surface area contributed by atoms with E-state index in [1.54, 1.807) is 13.0 Å². The summed E-state index contributed by atoms with van der Waals surface area (Å²) in [6.45, 7) is 6.32. The van der Waals surface area contributed by atoms with Gasteiger partial charge >= 0.3 is 0 Å². The molecule has 2 heterocycles. The number of phenolic OH excluding ortho intramolecular Hbond substituents is 1. The number of anilines is 1. The number of aliphatic hydroxyl groups excluding tert-OH is 1. The Morgan fingerprint density at radius 2 is 1.71 bits per heavy atom. The van der Waals surface area contributed by atoms with Crippen LogP contribution in [0.4, 0.5) is 5.69 Å². The van der Waals surface area contributed by atoms with E-state index in [0.29, 0.717) is 5.75 Å². The van der Waals surface area contributed by atoms with Crippen LogP contribution in [-0.2, 0) is 6.54 Å². The lowest BCUT2D eigenvalue weighted by molar-refractivity contribution is 0.199. The Hall–Kier alpha value is -2.76. The van der Waals surface area contributed by atoms with Crippen LogP contribution < -0.4 is 4.90 Å². The van der Waals surface area contributed by atoms with E-state index in [1.165, 1.54) is 0 Å². The Morgan fingerprint density at radius 3 is 2.39 bits per heavy atom. The largest absolute Gasteiger partial charge is 0.508 e. The summed E-state index contributed by atoms with van der Waals surface area (Å²) in [5.74, 6) is 2.12. The summed E-state index contributed by atoms with van der Waals surface area (Å²) in [5.41, 5.74) is 2.99. The summed E-state index contributed by atoms with van der Waals surface area (Å²) in [6.07, 6.45) is -0.459. The summed E-state index contributed by atoms with van der Waals surface area (Å²) in [4.78, 5) is 4.69. The van der Waals surface area contributed by atoms with Gasteiger partial charge in [0.05, 0.1) is 12.6 Å². The minimum Gasteiger partial charge on any atom is -0.508 e. The van der Waals surface area contributed by atoms with E-state index in [2.05, 4.69) is 9.80 Å². The number of hydrogen-bond acceptors (Lipinski definition) is 5. The summed E-state index contributed by atoms with van der Waals surface area (Å²) >= 11 is 0. The lowest BCUT2D eigenvalue weighted by Crippen LogP contribution is -2.45. The van der Waals surface area contributed by atoms with Gasteiger partial charge in [0, 0.05) is 43.5 Å². The molecule has 2 N–H and O–H groups in total. The van der Waals surface area contributed by atoms with Gasteiger partial charge in [0.2, 0.25) is 0 Å². The Bertz CT molecular complexity index is 910. The molecule has 0 amide bonds. The van der Waals surface area contributed by atoms with E-state index < -0.39 is 6.10 Å². The summed E-state index contributed by atoms with van der Waals surface area (Å²) in [5, 5.41) is 19.3. The van der Waals surface area contributed by atoms with Crippen LogP contribution in [0.1, 0.15) is 24.4 Å². The SMILES string of the molecule is CC(O)c1ccc(-c2ccc(CN3CCN(c4cccc(O)c4)CC3)o2)cc1. The first-order valence-electron chi connectivity index (χ1n) is 9.72. The van der Waals surface area contributed by atoms with Crippen molar-refractivity contribution in [3.8, 4) is 17.1 Å². The Kier molecular flexibility index (Phi) is 5.37. The molecule has 5 nitrogen and oxygen atoms in total. The van der Waals surface area contributed by atoms with E-state index in [-0.39, 0.29) is 0 Å². The van der Waals surface area contributed by atoms with Crippen LogP contribution in [0, 0.1) is 0 Å². The van der Waals surface area contributed by atoms with Gasteiger partial charge in [-0.2, -0.15) is 0 Å². The molecule has 1 fully saturated rings. The predicted octanol–water partition coefficient (Wildman–Crippen LogP) is 4.03. The second-order valence-corrected chi connectivity index (χ2v) is 7.35. The maximum absolute atomic E-state index is 9.67. The normalized spacial score (nSPS) is 16.3. The lowest BCUT2D eigenvalue weighted by atomic mass is 10.1. The molecule has 1 aliphatic rings. The maximum Gasteiger partial charge on any atom is 0.134 e. The van der Waals surface area contributed by atoms with Gasteiger partial charge in [0.1, 0.15) is 17.3 Å². The first kappa shape index (κ1) is 18.6. The molecule has 0 radical (unpaired) electrons. The van der Waals surface area contributed by atoms with Gasteiger partial charge in [0.15, 0.2) is 0 Å². The number of furan rings is 1. The Morgan fingerprint density at radius 1 is 0.964 bits per heavy atom. The number of hydrogen-bond donors (Lipinski definition) is 2. The van der Waals surface area contributed by atoms with Crippen molar-refractivity contribution in [2.75, 3.05) is 31.1 Å². The van der Waals surface area contributed by atoms with Crippen LogP contribution in [-0.4, -0.2) is 41.3 Å². The molecule has 4 rings (SSSR count). The quantitative estimate of drug-likeness (QED) is 0.702. The number of benzene rings is 2. The third-order valence-corrected chi connectivity index (χ3v) is 5.29. The smallest absolute Gasteiger partial charge is 0.134 e. The molecule has 1 unspecified atom stereocenters. The number of aromatic hydroxyl groups is 1. The van der Waals surface area contributed by atoms with Crippen molar-refractivity contribution < 1.29 is 14.6 Å². The summed E-state index contributed by atoms with van der Waals surface area (Å²) < 4.78 is 6.05. The number of nitrogens with zero attached hydrogens (tertiary/aromatic N) is 2. The number of aliphatic hydroxyl groups is 1. The van der Waals surface area contributed by atoms with Gasteiger partial charge in [-0.05, 0) is 36.8 Å². The van der Waals surface area contributed by atoms with Gasteiger partial charge in [-0.15, -0.1) is 0 Å². The van der Waals surface area contributed by atoms with Crippen molar-refractivity contribution in [3.63, 3.8) is 0 Å². The highest BCUT2D eigenvalue weighted by Crippen LogP contribution is 2.26. The molecule has 3 aromatic rings. The van der Waals surface area contributed by atoms with Crippen molar-refractivity contribution in [3.05, 3.63) is 72.0 Å². The predicted molar refractivity (Wildman–Crippen MR) is 110 cm³/mol. The van der Waals surface area contributed by atoms with Gasteiger partial charge in [0.25, 0.3) is 0 Å². The first-order valence-corrected chi connectivity index (χ1v) is 9.72. The zero-order valence-corrected chi connectivity index (χ0v) is 16.1. The molecule has 28 heavy (non-hydrogen) atoms. The third-order valence-electron chi connectivity index (χ3n) is 5.29. The summed E-state index contributed by atoms with van der Waals surface area (Å²) in [7, 11) is 0. The highest BCUT2D eigenvalue weighted by Gasteiger charge is 2.19. The molecular weight excluding hydrogens is 352 g/mol. The van der Waals surface area contributed by atoms with E-state index >= 15 is 0 Å². The van der Waals surface area contributed by atoms with E-state index in [1.807, 2.05) is 54.6 Å². The molecular formula is C23H26N2O3. The maximum atomic E-state index is 9.67. The Balaban J connectivity index is 1.35.